The maximum atomic E-state index is 3.61. The SMILES string of the molecule is Cc1cc(C)c(NCCN(C)CCNc2c(C)cc(C)cc2C)c(C)c1.[Cl-].[Cl-].[Ir]. The first kappa shape index (κ1) is 30.4. The first-order valence-electron chi connectivity index (χ1n) is 9.60. The Kier molecular flexibility index (Phi) is 15.0. The van der Waals surface area contributed by atoms with E-state index in [0.717, 1.165) is 26.2 Å². The van der Waals surface area contributed by atoms with Crippen molar-refractivity contribution in [2.24, 2.45) is 0 Å². The van der Waals surface area contributed by atoms with E-state index in [2.05, 4.69) is 88.4 Å². The summed E-state index contributed by atoms with van der Waals surface area (Å²) in [7, 11) is 2.19. The molecule has 0 aliphatic rings. The summed E-state index contributed by atoms with van der Waals surface area (Å²) in [5.74, 6) is 0. The van der Waals surface area contributed by atoms with Gasteiger partial charge in [0.15, 0.2) is 0 Å². The normalized spacial score (nSPS) is 9.93. The van der Waals surface area contributed by atoms with Crippen LogP contribution in [0.5, 0.6) is 0 Å². The Morgan fingerprint density at radius 3 is 1.17 bits per heavy atom. The van der Waals surface area contributed by atoms with Crippen molar-refractivity contribution in [3.8, 4) is 0 Å². The van der Waals surface area contributed by atoms with Gasteiger partial charge in [-0.1, -0.05) is 35.4 Å². The van der Waals surface area contributed by atoms with Crippen LogP contribution in [0, 0.1) is 41.5 Å². The zero-order valence-corrected chi connectivity index (χ0v) is 22.6. The topological polar surface area (TPSA) is 27.3 Å². The van der Waals surface area contributed by atoms with Crippen LogP contribution in [0.25, 0.3) is 0 Å². The molecule has 0 amide bonds. The van der Waals surface area contributed by atoms with Crippen LogP contribution in [-0.2, 0) is 20.1 Å². The molecule has 2 aromatic rings. The molecular formula is C23H35Cl2IrN3-2. The van der Waals surface area contributed by atoms with Gasteiger partial charge >= 0.3 is 0 Å². The molecule has 29 heavy (non-hydrogen) atoms. The molecule has 0 bridgehead atoms. The van der Waals surface area contributed by atoms with Gasteiger partial charge in [-0.2, -0.15) is 0 Å². The molecule has 0 aliphatic heterocycles. The van der Waals surface area contributed by atoms with Crippen molar-refractivity contribution >= 4 is 11.4 Å². The molecule has 0 aliphatic carbocycles. The summed E-state index contributed by atoms with van der Waals surface area (Å²) in [4.78, 5) is 2.37. The maximum absolute atomic E-state index is 3.61. The van der Waals surface area contributed by atoms with Crippen molar-refractivity contribution in [3.05, 3.63) is 57.6 Å². The molecule has 2 aromatic carbocycles. The molecule has 2 N–H and O–H groups in total. The van der Waals surface area contributed by atoms with E-state index in [1.165, 1.54) is 44.8 Å². The smallest absolute Gasteiger partial charge is 0.0400 e. The number of rotatable bonds is 8. The Morgan fingerprint density at radius 1 is 0.621 bits per heavy atom. The zero-order valence-electron chi connectivity index (χ0n) is 18.7. The van der Waals surface area contributed by atoms with Gasteiger partial charge in [-0.3, -0.25) is 0 Å². The minimum Gasteiger partial charge on any atom is -1.00 e. The molecule has 0 atom stereocenters. The zero-order chi connectivity index (χ0) is 19.3. The van der Waals surface area contributed by atoms with Gasteiger partial charge in [-0.15, -0.1) is 0 Å². The molecular weight excluding hydrogens is 581 g/mol. The molecule has 3 nitrogen and oxygen atoms in total. The number of nitrogens with zero attached hydrogens (tertiary/aromatic N) is 1. The van der Waals surface area contributed by atoms with Crippen molar-refractivity contribution in [1.29, 1.82) is 0 Å². The molecule has 2 rings (SSSR count). The summed E-state index contributed by atoms with van der Waals surface area (Å²) in [6, 6.07) is 8.98. The van der Waals surface area contributed by atoms with Gasteiger partial charge in [0.2, 0.25) is 0 Å². The second kappa shape index (κ2) is 14.3. The van der Waals surface area contributed by atoms with Gasteiger partial charge in [0.1, 0.15) is 0 Å². The second-order valence-electron chi connectivity index (χ2n) is 7.70. The summed E-state index contributed by atoms with van der Waals surface area (Å²) >= 11 is 0. The predicted octanol–water partition coefficient (Wildman–Crippen LogP) is -1.00. The standard InChI is InChI=1S/C23H35N3.2ClH.Ir/c1-16-12-18(3)22(19(4)13-16)24-8-10-26(7)11-9-25-23-20(5)14-17(2)15-21(23)6;;;/h12-15,24-25H,8-11H2,1-7H3;2*1H;/p-2. The van der Waals surface area contributed by atoms with Crippen molar-refractivity contribution in [2.75, 3.05) is 43.9 Å². The minimum atomic E-state index is 0. The number of likely N-dealkylation sites (N-methyl/N-ethyl adjacent to an activating group) is 1. The summed E-state index contributed by atoms with van der Waals surface area (Å²) in [5, 5.41) is 7.22. The van der Waals surface area contributed by atoms with Crippen LogP contribution in [0.2, 0.25) is 0 Å². The van der Waals surface area contributed by atoms with Gasteiger partial charge in [-0.25, -0.2) is 0 Å². The summed E-state index contributed by atoms with van der Waals surface area (Å²) in [6.07, 6.45) is 0. The monoisotopic (exact) mass is 616 g/mol. The van der Waals surface area contributed by atoms with E-state index in [1.807, 2.05) is 0 Å². The third-order valence-corrected chi connectivity index (χ3v) is 4.94. The Hall–Kier alpha value is -0.771. The molecule has 0 fully saturated rings. The fraction of sp³-hybridized carbons (Fsp3) is 0.478. The number of anilines is 2. The first-order valence-corrected chi connectivity index (χ1v) is 9.60. The summed E-state index contributed by atoms with van der Waals surface area (Å²) in [5.41, 5.74) is 10.6. The van der Waals surface area contributed by atoms with Crippen molar-refractivity contribution in [2.45, 2.75) is 41.5 Å². The number of hydrogen-bond donors (Lipinski definition) is 2. The number of halogens is 2. The van der Waals surface area contributed by atoms with E-state index in [4.69, 9.17) is 0 Å². The Morgan fingerprint density at radius 2 is 0.897 bits per heavy atom. The third-order valence-electron chi connectivity index (χ3n) is 4.94. The van der Waals surface area contributed by atoms with E-state index in [1.54, 1.807) is 0 Å². The maximum Gasteiger partial charge on any atom is 0.0400 e. The minimum absolute atomic E-state index is 0. The molecule has 167 valence electrons. The van der Waals surface area contributed by atoms with E-state index < -0.39 is 0 Å². The molecule has 0 spiro atoms. The average Bonchev–Trinajstić information content (AvgIpc) is 2.52. The van der Waals surface area contributed by atoms with Crippen LogP contribution < -0.4 is 35.4 Å². The molecule has 0 aromatic heterocycles. The summed E-state index contributed by atoms with van der Waals surface area (Å²) in [6.45, 7) is 17.0. The molecule has 0 heterocycles. The predicted molar refractivity (Wildman–Crippen MR) is 116 cm³/mol. The third kappa shape index (κ3) is 9.27. The van der Waals surface area contributed by atoms with E-state index >= 15 is 0 Å². The van der Waals surface area contributed by atoms with Gasteiger partial charge in [0.25, 0.3) is 0 Å². The van der Waals surface area contributed by atoms with E-state index in [-0.39, 0.29) is 44.9 Å². The quantitative estimate of drug-likeness (QED) is 0.399. The number of aryl methyl sites for hydroxylation is 6. The first-order chi connectivity index (χ1) is 12.3. The number of nitrogens with one attached hydrogen (secondary N) is 2. The average molecular weight is 617 g/mol. The second-order valence-corrected chi connectivity index (χ2v) is 7.70. The Balaban J connectivity index is 0. The number of hydrogen-bond acceptors (Lipinski definition) is 3. The Labute approximate surface area is 203 Å². The molecule has 0 saturated carbocycles. The van der Waals surface area contributed by atoms with Gasteiger partial charge in [-0.05, 0) is 70.8 Å². The van der Waals surface area contributed by atoms with Crippen molar-refractivity contribution in [1.82, 2.24) is 4.90 Å². The van der Waals surface area contributed by atoms with Gasteiger partial charge in [0, 0.05) is 57.7 Å². The fourth-order valence-electron chi connectivity index (χ4n) is 3.77. The molecule has 0 unspecified atom stereocenters. The van der Waals surface area contributed by atoms with Crippen LogP contribution in [0.4, 0.5) is 11.4 Å². The van der Waals surface area contributed by atoms with Crippen LogP contribution in [0.1, 0.15) is 33.4 Å². The van der Waals surface area contributed by atoms with Crippen LogP contribution in [0.3, 0.4) is 0 Å². The summed E-state index contributed by atoms with van der Waals surface area (Å²) < 4.78 is 0. The van der Waals surface area contributed by atoms with Crippen LogP contribution >= 0.6 is 0 Å². The molecule has 6 heteroatoms. The van der Waals surface area contributed by atoms with E-state index in [9.17, 15) is 0 Å². The largest absolute Gasteiger partial charge is 1.00 e. The van der Waals surface area contributed by atoms with Gasteiger partial charge < -0.3 is 40.3 Å². The fourth-order valence-corrected chi connectivity index (χ4v) is 3.77. The van der Waals surface area contributed by atoms with Gasteiger partial charge in [0.05, 0.1) is 0 Å². The van der Waals surface area contributed by atoms with Crippen LogP contribution in [0.15, 0.2) is 24.3 Å². The molecule has 0 saturated heterocycles. The number of benzene rings is 2. The van der Waals surface area contributed by atoms with E-state index in [0.29, 0.717) is 0 Å². The van der Waals surface area contributed by atoms with Crippen molar-refractivity contribution in [3.63, 3.8) is 0 Å². The Bertz CT molecular complexity index is 656. The van der Waals surface area contributed by atoms with Crippen molar-refractivity contribution < 1.29 is 44.9 Å². The molecule has 1 radical (unpaired) electrons. The van der Waals surface area contributed by atoms with Crippen LogP contribution in [-0.4, -0.2) is 38.1 Å².